The fourth-order valence-corrected chi connectivity index (χ4v) is 3.86. The molecule has 0 aliphatic rings. The molecular formula is C25H21Cl2N3O2. The summed E-state index contributed by atoms with van der Waals surface area (Å²) in [5.41, 5.74) is 2.88. The monoisotopic (exact) mass is 465 g/mol. The van der Waals surface area contributed by atoms with E-state index < -0.39 is 0 Å². The topological polar surface area (TPSA) is 64.0 Å². The largest absolute Gasteiger partial charge is 0.352 e. The molecule has 0 radical (unpaired) electrons. The second-order valence-electron chi connectivity index (χ2n) is 7.40. The molecule has 1 aromatic heterocycles. The van der Waals surface area contributed by atoms with Gasteiger partial charge in [0.2, 0.25) is 0 Å². The minimum Gasteiger partial charge on any atom is -0.352 e. The number of carbonyl (C=O) groups is 2. The Morgan fingerprint density at radius 3 is 2.44 bits per heavy atom. The highest BCUT2D eigenvalue weighted by Crippen LogP contribution is 2.19. The third-order valence-corrected chi connectivity index (χ3v) is 5.64. The third-order valence-electron chi connectivity index (χ3n) is 5.15. The Morgan fingerprint density at radius 2 is 1.66 bits per heavy atom. The first-order valence-electron chi connectivity index (χ1n) is 10.3. The van der Waals surface area contributed by atoms with Gasteiger partial charge in [0, 0.05) is 34.1 Å². The second kappa shape index (κ2) is 9.98. The van der Waals surface area contributed by atoms with Crippen LogP contribution in [-0.2, 0) is 13.0 Å². The number of hydrogen-bond donors (Lipinski definition) is 1. The van der Waals surface area contributed by atoms with Gasteiger partial charge >= 0.3 is 0 Å². The zero-order valence-electron chi connectivity index (χ0n) is 17.2. The van der Waals surface area contributed by atoms with Crippen LogP contribution >= 0.6 is 23.2 Å². The average molecular weight is 466 g/mol. The van der Waals surface area contributed by atoms with E-state index in [1.165, 1.54) is 0 Å². The van der Waals surface area contributed by atoms with Crippen molar-refractivity contribution in [3.05, 3.63) is 99.8 Å². The van der Waals surface area contributed by atoms with E-state index in [0.717, 1.165) is 16.9 Å². The number of halogens is 2. The van der Waals surface area contributed by atoms with Gasteiger partial charge in [-0.1, -0.05) is 41.4 Å². The molecule has 0 saturated heterocycles. The summed E-state index contributed by atoms with van der Waals surface area (Å²) in [5, 5.41) is 4.02. The normalized spacial score (nSPS) is 10.9. The van der Waals surface area contributed by atoms with Crippen LogP contribution in [0.4, 0.5) is 0 Å². The molecule has 0 saturated carbocycles. The Hall–Kier alpha value is -3.15. The molecule has 4 rings (SSSR count). The Kier molecular flexibility index (Phi) is 6.88. The highest BCUT2D eigenvalue weighted by Gasteiger charge is 2.15. The number of benzene rings is 3. The van der Waals surface area contributed by atoms with E-state index in [2.05, 4.69) is 5.32 Å². The quantitative estimate of drug-likeness (QED) is 0.272. The molecule has 1 N–H and O–H groups in total. The van der Waals surface area contributed by atoms with Crippen LogP contribution in [0, 0.1) is 0 Å². The van der Waals surface area contributed by atoms with E-state index in [1.807, 2.05) is 28.8 Å². The van der Waals surface area contributed by atoms with Gasteiger partial charge < -0.3 is 9.88 Å². The summed E-state index contributed by atoms with van der Waals surface area (Å²) in [7, 11) is 0. The highest BCUT2D eigenvalue weighted by atomic mass is 35.5. The van der Waals surface area contributed by atoms with Crippen molar-refractivity contribution in [2.45, 2.75) is 19.4 Å². The molecule has 1 heterocycles. The SMILES string of the molecule is O=C(Cn1c(CCCNC(=O)c2cccc(Cl)c2)nc2ccccc21)c1ccc(Cl)cc1. The van der Waals surface area contributed by atoms with Crippen molar-refractivity contribution in [2.75, 3.05) is 6.54 Å². The summed E-state index contributed by atoms with van der Waals surface area (Å²) in [6.07, 6.45) is 1.31. The van der Waals surface area contributed by atoms with Gasteiger partial charge in [-0.2, -0.15) is 0 Å². The number of amides is 1. The van der Waals surface area contributed by atoms with Gasteiger partial charge in [-0.3, -0.25) is 9.59 Å². The molecule has 32 heavy (non-hydrogen) atoms. The number of fused-ring (bicyclic) bond motifs is 1. The lowest BCUT2D eigenvalue weighted by atomic mass is 10.1. The molecule has 0 aliphatic carbocycles. The number of rotatable bonds is 8. The predicted octanol–water partition coefficient (Wildman–Crippen LogP) is 5.59. The van der Waals surface area contributed by atoms with Crippen molar-refractivity contribution in [3.63, 3.8) is 0 Å². The van der Waals surface area contributed by atoms with Gasteiger partial charge in [-0.05, 0) is 61.0 Å². The Morgan fingerprint density at radius 1 is 0.875 bits per heavy atom. The number of ketones is 1. The molecule has 0 spiro atoms. The van der Waals surface area contributed by atoms with Gasteiger partial charge in [0.25, 0.3) is 5.91 Å². The van der Waals surface area contributed by atoms with E-state index in [9.17, 15) is 9.59 Å². The van der Waals surface area contributed by atoms with Crippen LogP contribution in [-0.4, -0.2) is 27.8 Å². The number of carbonyl (C=O) groups excluding carboxylic acids is 2. The third kappa shape index (κ3) is 5.18. The number of para-hydroxylation sites is 2. The van der Waals surface area contributed by atoms with E-state index in [0.29, 0.717) is 40.6 Å². The summed E-state index contributed by atoms with van der Waals surface area (Å²) in [5.74, 6) is 0.629. The molecule has 0 unspecified atom stereocenters. The number of aromatic nitrogens is 2. The van der Waals surface area contributed by atoms with Crippen molar-refractivity contribution in [3.8, 4) is 0 Å². The fraction of sp³-hybridized carbons (Fsp3) is 0.160. The van der Waals surface area contributed by atoms with Crippen molar-refractivity contribution in [2.24, 2.45) is 0 Å². The number of aryl methyl sites for hydroxylation is 1. The van der Waals surface area contributed by atoms with Crippen molar-refractivity contribution < 1.29 is 9.59 Å². The lowest BCUT2D eigenvalue weighted by Crippen LogP contribution is -2.25. The van der Waals surface area contributed by atoms with Crippen LogP contribution in [0.2, 0.25) is 10.0 Å². The molecule has 3 aromatic carbocycles. The standard InChI is InChI=1S/C25H21Cl2N3O2/c26-19-12-10-17(11-13-19)23(31)16-30-22-8-2-1-7-21(22)29-24(30)9-4-14-28-25(32)18-5-3-6-20(27)15-18/h1-3,5-8,10-13,15H,4,9,14,16H2,(H,28,32). The van der Waals surface area contributed by atoms with Gasteiger partial charge in [-0.25, -0.2) is 4.98 Å². The van der Waals surface area contributed by atoms with Crippen molar-refractivity contribution >= 4 is 45.9 Å². The lowest BCUT2D eigenvalue weighted by Gasteiger charge is -2.10. The van der Waals surface area contributed by atoms with Crippen LogP contribution in [0.1, 0.15) is 33.0 Å². The highest BCUT2D eigenvalue weighted by molar-refractivity contribution is 6.31. The molecule has 162 valence electrons. The van der Waals surface area contributed by atoms with Crippen LogP contribution in [0.5, 0.6) is 0 Å². The van der Waals surface area contributed by atoms with Crippen LogP contribution in [0.3, 0.4) is 0 Å². The summed E-state index contributed by atoms with van der Waals surface area (Å²) < 4.78 is 1.95. The van der Waals surface area contributed by atoms with Crippen molar-refractivity contribution in [1.82, 2.24) is 14.9 Å². The van der Waals surface area contributed by atoms with Crippen LogP contribution in [0.15, 0.2) is 72.8 Å². The van der Waals surface area contributed by atoms with Crippen molar-refractivity contribution in [1.29, 1.82) is 0 Å². The Labute approximate surface area is 196 Å². The van der Waals surface area contributed by atoms with Gasteiger partial charge in [0.15, 0.2) is 5.78 Å². The Balaban J connectivity index is 1.44. The molecule has 4 aromatic rings. The van der Waals surface area contributed by atoms with Gasteiger partial charge in [0.05, 0.1) is 17.6 Å². The number of hydrogen-bond acceptors (Lipinski definition) is 3. The minimum atomic E-state index is -0.168. The molecule has 0 atom stereocenters. The zero-order chi connectivity index (χ0) is 22.5. The Bertz CT molecular complexity index is 1270. The van der Waals surface area contributed by atoms with E-state index in [1.54, 1.807) is 48.5 Å². The average Bonchev–Trinajstić information content (AvgIpc) is 3.14. The first-order valence-corrected chi connectivity index (χ1v) is 11.0. The smallest absolute Gasteiger partial charge is 0.251 e. The minimum absolute atomic E-state index is 0.0136. The van der Waals surface area contributed by atoms with Gasteiger partial charge in [-0.15, -0.1) is 0 Å². The first kappa shape index (κ1) is 22.1. The number of nitrogens with zero attached hydrogens (tertiary/aromatic N) is 2. The van der Waals surface area contributed by atoms with E-state index in [-0.39, 0.29) is 18.2 Å². The van der Waals surface area contributed by atoms with Crippen LogP contribution < -0.4 is 5.32 Å². The zero-order valence-corrected chi connectivity index (χ0v) is 18.7. The molecule has 0 fully saturated rings. The second-order valence-corrected chi connectivity index (χ2v) is 8.28. The van der Waals surface area contributed by atoms with Gasteiger partial charge in [0.1, 0.15) is 5.82 Å². The molecule has 0 aliphatic heterocycles. The molecule has 0 bridgehead atoms. The maximum absolute atomic E-state index is 12.9. The predicted molar refractivity (Wildman–Crippen MR) is 128 cm³/mol. The number of Topliss-reactive ketones (excluding diaryl/α,β-unsaturated/α-hetero) is 1. The molecule has 7 heteroatoms. The van der Waals surface area contributed by atoms with E-state index in [4.69, 9.17) is 28.2 Å². The summed E-state index contributed by atoms with van der Waals surface area (Å²) in [6.45, 7) is 0.673. The number of imidazole rings is 1. The number of nitrogens with one attached hydrogen (secondary N) is 1. The summed E-state index contributed by atoms with van der Waals surface area (Å²) >= 11 is 11.9. The summed E-state index contributed by atoms with van der Waals surface area (Å²) in [6, 6.07) is 21.5. The summed E-state index contributed by atoms with van der Waals surface area (Å²) in [4.78, 5) is 29.9. The lowest BCUT2D eigenvalue weighted by molar-refractivity contribution is 0.0951. The maximum atomic E-state index is 12.9. The maximum Gasteiger partial charge on any atom is 0.251 e. The fourth-order valence-electron chi connectivity index (χ4n) is 3.54. The van der Waals surface area contributed by atoms with E-state index >= 15 is 0 Å². The molecule has 5 nitrogen and oxygen atoms in total. The van der Waals surface area contributed by atoms with Crippen LogP contribution in [0.25, 0.3) is 11.0 Å². The first-order chi connectivity index (χ1) is 15.5. The molecule has 1 amide bonds. The molecular weight excluding hydrogens is 445 g/mol.